The SMILES string of the molecule is O=C1/C=C\C/C=C\C=C/C1. The first kappa shape index (κ1) is 7.00. The van der Waals surface area contributed by atoms with E-state index in [4.69, 9.17) is 0 Å². The molecule has 0 fully saturated rings. The van der Waals surface area contributed by atoms with Crippen molar-refractivity contribution in [2.75, 3.05) is 0 Å². The maximum absolute atomic E-state index is 10.8. The Morgan fingerprint density at radius 2 is 1.90 bits per heavy atom. The van der Waals surface area contributed by atoms with E-state index in [1.165, 1.54) is 0 Å². The molecule has 0 heterocycles. The lowest BCUT2D eigenvalue weighted by Crippen LogP contribution is -1.87. The summed E-state index contributed by atoms with van der Waals surface area (Å²) >= 11 is 0. The molecule has 1 rings (SSSR count). The molecule has 1 heteroatoms. The van der Waals surface area contributed by atoms with Crippen molar-refractivity contribution in [3.63, 3.8) is 0 Å². The second-order valence-corrected chi connectivity index (χ2v) is 2.16. The standard InChI is InChI=1S/C9H10O/c10-9-7-5-3-1-2-4-6-8-9/h1-3,5-6,8H,4,7H2/b2-1-,5-3-,8-6-. The van der Waals surface area contributed by atoms with Gasteiger partial charge < -0.3 is 0 Å². The van der Waals surface area contributed by atoms with E-state index < -0.39 is 0 Å². The Morgan fingerprint density at radius 1 is 1.10 bits per heavy atom. The molecule has 0 radical (unpaired) electrons. The average molecular weight is 134 g/mol. The Hall–Kier alpha value is -1.11. The van der Waals surface area contributed by atoms with E-state index in [9.17, 15) is 4.79 Å². The van der Waals surface area contributed by atoms with Crippen LogP contribution in [0.4, 0.5) is 0 Å². The first-order valence-electron chi connectivity index (χ1n) is 3.40. The van der Waals surface area contributed by atoms with Crippen molar-refractivity contribution in [3.8, 4) is 0 Å². The first-order chi connectivity index (χ1) is 4.89. The molecule has 0 aliphatic heterocycles. The summed E-state index contributed by atoms with van der Waals surface area (Å²) in [5.74, 6) is 0.181. The summed E-state index contributed by atoms with van der Waals surface area (Å²) < 4.78 is 0. The van der Waals surface area contributed by atoms with Gasteiger partial charge in [0.15, 0.2) is 5.78 Å². The van der Waals surface area contributed by atoms with Crippen molar-refractivity contribution < 1.29 is 4.79 Å². The third-order valence-corrected chi connectivity index (χ3v) is 1.28. The lowest BCUT2D eigenvalue weighted by atomic mass is 10.2. The molecule has 0 atom stereocenters. The number of hydrogen-bond donors (Lipinski definition) is 0. The van der Waals surface area contributed by atoms with Crippen LogP contribution in [0, 0.1) is 0 Å². The van der Waals surface area contributed by atoms with Gasteiger partial charge in [-0.2, -0.15) is 0 Å². The molecule has 1 nitrogen and oxygen atoms in total. The lowest BCUT2D eigenvalue weighted by molar-refractivity contribution is -0.113. The number of allylic oxidation sites excluding steroid dienone is 6. The fourth-order valence-corrected chi connectivity index (χ4v) is 0.766. The van der Waals surface area contributed by atoms with Gasteiger partial charge in [0.25, 0.3) is 0 Å². The summed E-state index contributed by atoms with van der Waals surface area (Å²) in [6.45, 7) is 0. The van der Waals surface area contributed by atoms with Crippen LogP contribution in [0.1, 0.15) is 12.8 Å². The smallest absolute Gasteiger partial charge is 0.159 e. The summed E-state index contributed by atoms with van der Waals surface area (Å²) in [6, 6.07) is 0. The highest BCUT2D eigenvalue weighted by molar-refractivity contribution is 5.90. The third kappa shape index (κ3) is 2.44. The highest BCUT2D eigenvalue weighted by Gasteiger charge is 1.90. The maximum Gasteiger partial charge on any atom is 0.159 e. The summed E-state index contributed by atoms with van der Waals surface area (Å²) in [5, 5.41) is 0. The zero-order chi connectivity index (χ0) is 7.23. The molecule has 0 unspecified atom stereocenters. The van der Waals surface area contributed by atoms with Crippen molar-refractivity contribution in [2.24, 2.45) is 0 Å². The Labute approximate surface area is 60.7 Å². The molecule has 0 aromatic carbocycles. The highest BCUT2D eigenvalue weighted by atomic mass is 16.1. The molecular formula is C9H10O. The summed E-state index contributed by atoms with van der Waals surface area (Å²) in [5.41, 5.74) is 0. The number of rotatable bonds is 0. The van der Waals surface area contributed by atoms with Gasteiger partial charge in [0.05, 0.1) is 0 Å². The van der Waals surface area contributed by atoms with Gasteiger partial charge in [-0.05, 0) is 12.5 Å². The Balaban J connectivity index is 2.61. The minimum atomic E-state index is 0.181. The highest BCUT2D eigenvalue weighted by Crippen LogP contribution is 1.95. The van der Waals surface area contributed by atoms with Gasteiger partial charge in [-0.3, -0.25) is 4.79 Å². The van der Waals surface area contributed by atoms with E-state index >= 15 is 0 Å². The van der Waals surface area contributed by atoms with Gasteiger partial charge in [0.1, 0.15) is 0 Å². The molecule has 0 amide bonds. The second kappa shape index (κ2) is 3.83. The van der Waals surface area contributed by atoms with E-state index in [0.29, 0.717) is 6.42 Å². The van der Waals surface area contributed by atoms with E-state index in [0.717, 1.165) is 6.42 Å². The van der Waals surface area contributed by atoms with Gasteiger partial charge >= 0.3 is 0 Å². The minimum absolute atomic E-state index is 0.181. The maximum atomic E-state index is 10.8. The fraction of sp³-hybridized carbons (Fsp3) is 0.222. The van der Waals surface area contributed by atoms with Crippen LogP contribution >= 0.6 is 0 Å². The second-order valence-electron chi connectivity index (χ2n) is 2.16. The topological polar surface area (TPSA) is 17.1 Å². The molecule has 0 aromatic heterocycles. The Morgan fingerprint density at radius 3 is 2.80 bits per heavy atom. The number of carbonyl (C=O) groups excluding carboxylic acids is 1. The van der Waals surface area contributed by atoms with Crippen LogP contribution < -0.4 is 0 Å². The van der Waals surface area contributed by atoms with Gasteiger partial charge in [-0.25, -0.2) is 0 Å². The molecule has 0 bridgehead atoms. The van der Waals surface area contributed by atoms with Crippen molar-refractivity contribution in [1.29, 1.82) is 0 Å². The van der Waals surface area contributed by atoms with Gasteiger partial charge in [-0.15, -0.1) is 0 Å². The average Bonchev–Trinajstić information content (AvgIpc) is 2.02. The number of hydrogen-bond acceptors (Lipinski definition) is 1. The summed E-state index contributed by atoms with van der Waals surface area (Å²) in [7, 11) is 0. The molecule has 10 heavy (non-hydrogen) atoms. The van der Waals surface area contributed by atoms with Crippen LogP contribution in [0.5, 0.6) is 0 Å². The number of carbonyl (C=O) groups is 1. The van der Waals surface area contributed by atoms with Crippen LogP contribution in [-0.4, -0.2) is 5.78 Å². The molecule has 0 aromatic rings. The largest absolute Gasteiger partial charge is 0.295 e. The van der Waals surface area contributed by atoms with Crippen molar-refractivity contribution in [3.05, 3.63) is 36.5 Å². The predicted octanol–water partition coefficient (Wildman–Crippen LogP) is 2.02. The van der Waals surface area contributed by atoms with Gasteiger partial charge in [-0.1, -0.05) is 30.4 Å². The van der Waals surface area contributed by atoms with Crippen molar-refractivity contribution in [1.82, 2.24) is 0 Å². The molecule has 0 N–H and O–H groups in total. The molecule has 0 saturated carbocycles. The van der Waals surface area contributed by atoms with E-state index in [1.807, 2.05) is 30.4 Å². The van der Waals surface area contributed by atoms with E-state index in [2.05, 4.69) is 0 Å². The van der Waals surface area contributed by atoms with Crippen LogP contribution in [0.25, 0.3) is 0 Å². The van der Waals surface area contributed by atoms with Crippen LogP contribution in [0.15, 0.2) is 36.5 Å². The fourth-order valence-electron chi connectivity index (χ4n) is 0.766. The Kier molecular flexibility index (Phi) is 2.68. The van der Waals surface area contributed by atoms with Crippen LogP contribution in [-0.2, 0) is 4.79 Å². The predicted molar refractivity (Wildman–Crippen MR) is 41.7 cm³/mol. The normalized spacial score (nSPS) is 27.8. The summed E-state index contributed by atoms with van der Waals surface area (Å²) in [4.78, 5) is 10.8. The van der Waals surface area contributed by atoms with E-state index in [1.54, 1.807) is 6.08 Å². The van der Waals surface area contributed by atoms with Crippen molar-refractivity contribution >= 4 is 5.78 Å². The monoisotopic (exact) mass is 134 g/mol. The van der Waals surface area contributed by atoms with Crippen molar-refractivity contribution in [2.45, 2.75) is 12.8 Å². The summed E-state index contributed by atoms with van der Waals surface area (Å²) in [6.07, 6.45) is 12.7. The molecule has 52 valence electrons. The van der Waals surface area contributed by atoms with Crippen LogP contribution in [0.3, 0.4) is 0 Å². The Bertz CT molecular complexity index is 197. The minimum Gasteiger partial charge on any atom is -0.295 e. The molecule has 0 spiro atoms. The lowest BCUT2D eigenvalue weighted by Gasteiger charge is -1.82. The first-order valence-corrected chi connectivity index (χ1v) is 3.40. The molecule has 0 saturated heterocycles. The molecular weight excluding hydrogens is 124 g/mol. The number of ketones is 1. The quantitative estimate of drug-likeness (QED) is 0.495. The van der Waals surface area contributed by atoms with Gasteiger partial charge in [0, 0.05) is 6.42 Å². The third-order valence-electron chi connectivity index (χ3n) is 1.28. The molecule has 1 aliphatic carbocycles. The molecule has 1 aliphatic rings. The van der Waals surface area contributed by atoms with Gasteiger partial charge in [0.2, 0.25) is 0 Å². The van der Waals surface area contributed by atoms with Crippen LogP contribution in [0.2, 0.25) is 0 Å². The zero-order valence-electron chi connectivity index (χ0n) is 5.79. The van der Waals surface area contributed by atoms with E-state index in [-0.39, 0.29) is 5.78 Å². The zero-order valence-corrected chi connectivity index (χ0v) is 5.79.